The summed E-state index contributed by atoms with van der Waals surface area (Å²) < 4.78 is 0. The minimum absolute atomic E-state index is 0.0765. The van der Waals surface area contributed by atoms with E-state index in [1.54, 1.807) is 0 Å². The van der Waals surface area contributed by atoms with Crippen LogP contribution in [0, 0.1) is 0 Å². The lowest BCUT2D eigenvalue weighted by atomic mass is 9.79. The quantitative estimate of drug-likeness (QED) is 0.160. The molecular formula is C62H53N. The molecule has 0 amide bonds. The van der Waals surface area contributed by atoms with Crippen molar-refractivity contribution in [3.63, 3.8) is 0 Å². The van der Waals surface area contributed by atoms with Crippen LogP contribution in [-0.2, 0) is 21.7 Å². The third-order valence-electron chi connectivity index (χ3n) is 16.9. The van der Waals surface area contributed by atoms with Crippen LogP contribution in [0.5, 0.6) is 0 Å². The summed E-state index contributed by atoms with van der Waals surface area (Å²) in [5, 5.41) is 2.60. The second kappa shape index (κ2) is 11.8. The number of nitrogens with zero attached hydrogens (tertiary/aromatic N) is 1. The molecule has 0 aromatic heterocycles. The van der Waals surface area contributed by atoms with Crippen molar-refractivity contribution < 1.29 is 0 Å². The largest absolute Gasteiger partial charge is 0.309 e. The highest BCUT2D eigenvalue weighted by atomic mass is 15.2. The maximum Gasteiger partial charge on any atom is 0.0544 e. The van der Waals surface area contributed by atoms with Gasteiger partial charge in [-0.2, -0.15) is 0 Å². The second-order valence-corrected chi connectivity index (χ2v) is 21.4. The van der Waals surface area contributed by atoms with Gasteiger partial charge in [-0.25, -0.2) is 0 Å². The highest BCUT2D eigenvalue weighted by Gasteiger charge is 2.45. The van der Waals surface area contributed by atoms with E-state index in [1.807, 2.05) is 0 Å². The molecule has 8 aromatic carbocycles. The molecule has 0 N–H and O–H groups in total. The lowest BCUT2D eigenvalue weighted by Crippen LogP contribution is -2.20. The molecule has 0 atom stereocenters. The minimum atomic E-state index is -0.232. The lowest BCUT2D eigenvalue weighted by Gasteiger charge is -2.33. The minimum Gasteiger partial charge on any atom is -0.309 e. The zero-order valence-electron chi connectivity index (χ0n) is 38.2. The smallest absolute Gasteiger partial charge is 0.0544 e. The lowest BCUT2D eigenvalue weighted by molar-refractivity contribution is 0.652. The van der Waals surface area contributed by atoms with Crippen LogP contribution in [0.15, 0.2) is 140 Å². The first-order valence-corrected chi connectivity index (χ1v) is 23.0. The Morgan fingerprint density at radius 1 is 0.286 bits per heavy atom. The number of rotatable bonds is 1. The fourth-order valence-electron chi connectivity index (χ4n) is 13.2. The molecule has 0 bridgehead atoms. The van der Waals surface area contributed by atoms with Gasteiger partial charge in [0.05, 0.1) is 17.1 Å². The number of hydrogen-bond donors (Lipinski definition) is 0. The summed E-state index contributed by atoms with van der Waals surface area (Å²) >= 11 is 0. The fourth-order valence-corrected chi connectivity index (χ4v) is 13.2. The Hall–Kier alpha value is -6.44. The average Bonchev–Trinajstić information content (AvgIpc) is 3.82. The highest BCUT2D eigenvalue weighted by Crippen LogP contribution is 2.62. The maximum atomic E-state index is 2.69. The summed E-state index contributed by atoms with van der Waals surface area (Å²) in [5.41, 5.74) is 30.7. The Morgan fingerprint density at radius 2 is 0.651 bits per heavy atom. The first kappa shape index (κ1) is 37.1. The van der Waals surface area contributed by atoms with Gasteiger partial charge in [0.25, 0.3) is 0 Å². The van der Waals surface area contributed by atoms with Gasteiger partial charge < -0.3 is 4.90 Å². The van der Waals surface area contributed by atoms with Crippen molar-refractivity contribution in [3.05, 3.63) is 195 Å². The molecule has 1 heteroatoms. The van der Waals surface area contributed by atoms with Crippen LogP contribution < -0.4 is 4.90 Å². The van der Waals surface area contributed by atoms with Crippen LogP contribution in [0.4, 0.5) is 17.1 Å². The second-order valence-electron chi connectivity index (χ2n) is 21.4. The summed E-state index contributed by atoms with van der Waals surface area (Å²) in [6.45, 7) is 24.1. The SMILES string of the molecule is CC1=C(C)c2cc3c(cc2N(c2cc4c(c5ccccc25)-c2cc5c(cc2C4(C)C)-c2ccccc2C5(C)C)c2cc4c(cc21)C(C)(C)c1ccccc1-4)C(C)(C)c1ccccc1-3. The van der Waals surface area contributed by atoms with Crippen molar-refractivity contribution in [1.82, 2.24) is 0 Å². The molecule has 0 saturated carbocycles. The van der Waals surface area contributed by atoms with E-state index in [-0.39, 0.29) is 21.7 Å². The van der Waals surface area contributed by atoms with E-state index in [0.29, 0.717) is 0 Å². The van der Waals surface area contributed by atoms with E-state index >= 15 is 0 Å². The zero-order chi connectivity index (χ0) is 43.3. The van der Waals surface area contributed by atoms with E-state index < -0.39 is 0 Å². The molecule has 0 spiro atoms. The molecule has 8 aromatic rings. The third kappa shape index (κ3) is 4.44. The Balaban J connectivity index is 1.14. The average molecular weight is 812 g/mol. The molecule has 5 aliphatic rings. The molecule has 1 heterocycles. The van der Waals surface area contributed by atoms with Crippen LogP contribution in [0.2, 0.25) is 0 Å². The third-order valence-corrected chi connectivity index (χ3v) is 16.9. The monoisotopic (exact) mass is 811 g/mol. The van der Waals surface area contributed by atoms with E-state index in [4.69, 9.17) is 0 Å². The van der Waals surface area contributed by atoms with Gasteiger partial charge in [-0.1, -0.05) is 152 Å². The van der Waals surface area contributed by atoms with Gasteiger partial charge in [0.1, 0.15) is 0 Å². The summed E-state index contributed by atoms with van der Waals surface area (Å²) in [5.74, 6) is 0. The molecule has 0 saturated heterocycles. The Bertz CT molecular complexity index is 3470. The molecule has 13 rings (SSSR count). The molecular weight excluding hydrogens is 759 g/mol. The fraction of sp³-hybridized carbons (Fsp3) is 0.226. The molecule has 0 unspecified atom stereocenters. The van der Waals surface area contributed by atoms with Crippen LogP contribution in [0.1, 0.15) is 125 Å². The molecule has 306 valence electrons. The molecule has 1 aliphatic heterocycles. The summed E-state index contributed by atoms with van der Waals surface area (Å²) in [7, 11) is 0. The van der Waals surface area contributed by atoms with Gasteiger partial charge in [-0.3, -0.25) is 0 Å². The summed E-state index contributed by atoms with van der Waals surface area (Å²) in [6.07, 6.45) is 0. The van der Waals surface area contributed by atoms with E-state index in [1.165, 1.54) is 139 Å². The van der Waals surface area contributed by atoms with E-state index in [0.717, 1.165) is 0 Å². The predicted octanol–water partition coefficient (Wildman–Crippen LogP) is 16.8. The van der Waals surface area contributed by atoms with Gasteiger partial charge >= 0.3 is 0 Å². The normalized spacial score (nSPS) is 17.8. The summed E-state index contributed by atoms with van der Waals surface area (Å²) in [6, 6.07) is 54.5. The van der Waals surface area contributed by atoms with Crippen LogP contribution in [0.3, 0.4) is 0 Å². The van der Waals surface area contributed by atoms with Crippen molar-refractivity contribution >= 4 is 39.0 Å². The number of hydrogen-bond acceptors (Lipinski definition) is 1. The van der Waals surface area contributed by atoms with Crippen LogP contribution >= 0.6 is 0 Å². The number of anilines is 3. The standard InChI is InChI=1S/C62H53N/c1-34-35(2)42-28-50-45(38-21-15-18-26-49(38)59(50,3)4)31-55(42)63(57-32-53-43(27-41(34)57)36-19-13-16-24-47(36)61(53,7)8)56-33-54-58(40-23-12-11-22-39(40)56)46-30-51-44(29-52(46)62(54,9)10)37-20-14-17-25-48(37)60(51,5)6/h11-33H,1-10H3. The van der Waals surface area contributed by atoms with Gasteiger partial charge in [0.2, 0.25) is 0 Å². The predicted molar refractivity (Wildman–Crippen MR) is 267 cm³/mol. The van der Waals surface area contributed by atoms with E-state index in [2.05, 4.69) is 214 Å². The van der Waals surface area contributed by atoms with Crippen LogP contribution in [0.25, 0.3) is 66.4 Å². The Morgan fingerprint density at radius 3 is 1.22 bits per heavy atom. The molecule has 0 radical (unpaired) electrons. The van der Waals surface area contributed by atoms with Gasteiger partial charge in [0, 0.05) is 38.2 Å². The molecule has 0 fully saturated rings. The van der Waals surface area contributed by atoms with Crippen molar-refractivity contribution in [3.8, 4) is 44.5 Å². The zero-order valence-corrected chi connectivity index (χ0v) is 38.2. The first-order valence-electron chi connectivity index (χ1n) is 23.0. The Kier molecular flexibility index (Phi) is 6.94. The van der Waals surface area contributed by atoms with Crippen molar-refractivity contribution in [2.45, 2.75) is 90.9 Å². The molecule has 1 nitrogen and oxygen atoms in total. The van der Waals surface area contributed by atoms with E-state index in [9.17, 15) is 0 Å². The van der Waals surface area contributed by atoms with Gasteiger partial charge in [-0.05, 0) is 162 Å². The van der Waals surface area contributed by atoms with Crippen LogP contribution in [-0.4, -0.2) is 0 Å². The number of benzene rings is 8. The number of allylic oxidation sites excluding steroid dienone is 2. The summed E-state index contributed by atoms with van der Waals surface area (Å²) in [4.78, 5) is 2.69. The first-order chi connectivity index (χ1) is 30.1. The van der Waals surface area contributed by atoms with Crippen molar-refractivity contribution in [2.24, 2.45) is 0 Å². The van der Waals surface area contributed by atoms with Gasteiger partial charge in [-0.15, -0.1) is 0 Å². The Labute approximate surface area is 372 Å². The number of fused-ring (bicyclic) bond motifs is 16. The van der Waals surface area contributed by atoms with Crippen molar-refractivity contribution in [1.29, 1.82) is 0 Å². The highest BCUT2D eigenvalue weighted by molar-refractivity contribution is 6.14. The van der Waals surface area contributed by atoms with Crippen molar-refractivity contribution in [2.75, 3.05) is 4.90 Å². The topological polar surface area (TPSA) is 3.24 Å². The van der Waals surface area contributed by atoms with Gasteiger partial charge in [0.15, 0.2) is 0 Å². The molecule has 63 heavy (non-hydrogen) atoms. The maximum absolute atomic E-state index is 2.69. The molecule has 4 aliphatic carbocycles.